The molecule has 0 spiro atoms. The number of amides is 2. The van der Waals surface area contributed by atoms with Gasteiger partial charge < -0.3 is 15.3 Å². The summed E-state index contributed by atoms with van der Waals surface area (Å²) in [6.45, 7) is 6.02. The van der Waals surface area contributed by atoms with Crippen LogP contribution in [0.4, 0.5) is 4.79 Å². The normalized spacial score (nSPS) is 21.2. The van der Waals surface area contributed by atoms with Crippen LogP contribution >= 0.6 is 11.8 Å². The van der Waals surface area contributed by atoms with E-state index in [0.717, 1.165) is 19.4 Å². The molecule has 0 aliphatic carbocycles. The number of urea groups is 1. The second-order valence-electron chi connectivity index (χ2n) is 6.02. The number of benzene rings is 1. The first kappa shape index (κ1) is 17.2. The van der Waals surface area contributed by atoms with E-state index in [1.807, 2.05) is 30.0 Å². The highest BCUT2D eigenvalue weighted by Crippen LogP contribution is 2.22. The molecule has 0 saturated carbocycles. The largest absolute Gasteiger partial charge is 0.393 e. The minimum Gasteiger partial charge on any atom is -0.393 e. The molecule has 0 aromatic heterocycles. The van der Waals surface area contributed by atoms with Crippen LogP contribution in [0.1, 0.15) is 26.7 Å². The number of aliphatic hydroxyl groups excluding tert-OH is 1. The molecule has 0 radical (unpaired) electrons. The van der Waals surface area contributed by atoms with E-state index in [4.69, 9.17) is 0 Å². The summed E-state index contributed by atoms with van der Waals surface area (Å²) in [5.41, 5.74) is 0. The number of piperidine rings is 1. The van der Waals surface area contributed by atoms with Crippen LogP contribution in [-0.2, 0) is 0 Å². The minimum atomic E-state index is -0.344. The molecule has 2 rings (SSSR count). The van der Waals surface area contributed by atoms with E-state index in [-0.39, 0.29) is 18.1 Å². The monoisotopic (exact) mass is 322 g/mol. The van der Waals surface area contributed by atoms with Crippen molar-refractivity contribution in [3.05, 3.63) is 30.3 Å². The van der Waals surface area contributed by atoms with Crippen molar-refractivity contribution in [2.75, 3.05) is 19.6 Å². The van der Waals surface area contributed by atoms with Gasteiger partial charge in [-0.05, 0) is 31.9 Å². The Kier molecular flexibility index (Phi) is 6.58. The molecule has 4 nitrogen and oxygen atoms in total. The Labute approximate surface area is 137 Å². The summed E-state index contributed by atoms with van der Waals surface area (Å²) in [5.74, 6) is 0.204. The third kappa shape index (κ3) is 5.21. The van der Waals surface area contributed by atoms with Crippen molar-refractivity contribution in [1.29, 1.82) is 0 Å². The van der Waals surface area contributed by atoms with Crippen molar-refractivity contribution >= 4 is 17.8 Å². The van der Waals surface area contributed by atoms with Gasteiger partial charge >= 0.3 is 6.03 Å². The van der Waals surface area contributed by atoms with Crippen LogP contribution < -0.4 is 5.32 Å². The molecule has 1 aliphatic rings. The van der Waals surface area contributed by atoms with Crippen molar-refractivity contribution in [2.24, 2.45) is 5.92 Å². The maximum absolute atomic E-state index is 12.2. The average Bonchev–Trinajstić information content (AvgIpc) is 2.53. The van der Waals surface area contributed by atoms with Gasteiger partial charge in [-0.2, -0.15) is 0 Å². The first-order valence-electron chi connectivity index (χ1n) is 7.99. The fraction of sp³-hybridized carbons (Fsp3) is 0.588. The molecule has 1 aromatic carbocycles. The van der Waals surface area contributed by atoms with Crippen molar-refractivity contribution < 1.29 is 9.90 Å². The highest BCUT2D eigenvalue weighted by molar-refractivity contribution is 8.00. The van der Waals surface area contributed by atoms with Gasteiger partial charge in [0.25, 0.3) is 0 Å². The molecule has 1 aliphatic heterocycles. The van der Waals surface area contributed by atoms with Gasteiger partial charge in [-0.25, -0.2) is 4.79 Å². The predicted molar refractivity (Wildman–Crippen MR) is 91.1 cm³/mol. The number of thioether (sulfide) groups is 1. The summed E-state index contributed by atoms with van der Waals surface area (Å²) in [7, 11) is 0. The molecule has 122 valence electrons. The van der Waals surface area contributed by atoms with Crippen LogP contribution in [0, 0.1) is 5.92 Å². The SMILES string of the molecule is CC(CNC(=O)N1CCCC(C(C)O)C1)Sc1ccccc1. The average molecular weight is 322 g/mol. The third-order valence-corrected chi connectivity index (χ3v) is 5.16. The molecule has 1 saturated heterocycles. The van der Waals surface area contributed by atoms with Crippen molar-refractivity contribution in [3.63, 3.8) is 0 Å². The summed E-state index contributed by atoms with van der Waals surface area (Å²) < 4.78 is 0. The van der Waals surface area contributed by atoms with E-state index in [1.165, 1.54) is 4.90 Å². The highest BCUT2D eigenvalue weighted by Gasteiger charge is 2.26. The van der Waals surface area contributed by atoms with E-state index < -0.39 is 0 Å². The summed E-state index contributed by atoms with van der Waals surface area (Å²) in [6, 6.07) is 10.2. The van der Waals surface area contributed by atoms with Gasteiger partial charge in [0.2, 0.25) is 0 Å². The van der Waals surface area contributed by atoms with Crippen molar-refractivity contribution in [3.8, 4) is 0 Å². The molecule has 5 heteroatoms. The van der Waals surface area contributed by atoms with Crippen LogP contribution in [0.2, 0.25) is 0 Å². The van der Waals surface area contributed by atoms with Crippen molar-refractivity contribution in [1.82, 2.24) is 10.2 Å². The van der Waals surface area contributed by atoms with E-state index in [2.05, 4.69) is 24.4 Å². The lowest BCUT2D eigenvalue weighted by Gasteiger charge is -2.34. The van der Waals surface area contributed by atoms with Crippen LogP contribution in [-0.4, -0.2) is 47.0 Å². The van der Waals surface area contributed by atoms with Gasteiger partial charge in [-0.1, -0.05) is 25.1 Å². The Morgan fingerprint density at radius 2 is 2.14 bits per heavy atom. The maximum atomic E-state index is 12.2. The number of nitrogens with one attached hydrogen (secondary N) is 1. The van der Waals surface area contributed by atoms with Crippen LogP contribution in [0.5, 0.6) is 0 Å². The standard InChI is InChI=1S/C17H26N2O2S/c1-13(22-16-8-4-3-5-9-16)11-18-17(21)19-10-6-7-15(12-19)14(2)20/h3-5,8-9,13-15,20H,6-7,10-12H2,1-2H3,(H,18,21). The topological polar surface area (TPSA) is 52.6 Å². The number of likely N-dealkylation sites (tertiary alicyclic amines) is 1. The number of hydrogen-bond donors (Lipinski definition) is 2. The molecule has 3 unspecified atom stereocenters. The quantitative estimate of drug-likeness (QED) is 0.820. The Balaban J connectivity index is 1.75. The second kappa shape index (κ2) is 8.44. The van der Waals surface area contributed by atoms with E-state index in [9.17, 15) is 9.90 Å². The zero-order valence-corrected chi connectivity index (χ0v) is 14.2. The molecule has 1 fully saturated rings. The van der Waals surface area contributed by atoms with Gasteiger partial charge in [-0.15, -0.1) is 11.8 Å². The summed E-state index contributed by atoms with van der Waals surface area (Å²) in [4.78, 5) is 15.3. The Morgan fingerprint density at radius 3 is 2.82 bits per heavy atom. The van der Waals surface area contributed by atoms with Crippen molar-refractivity contribution in [2.45, 2.75) is 42.9 Å². The van der Waals surface area contributed by atoms with Crippen LogP contribution in [0.3, 0.4) is 0 Å². The van der Waals surface area contributed by atoms with Gasteiger partial charge in [0.1, 0.15) is 0 Å². The predicted octanol–water partition coefficient (Wildman–Crippen LogP) is 2.97. The fourth-order valence-corrected chi connectivity index (χ4v) is 3.65. The number of nitrogens with zero attached hydrogens (tertiary/aromatic N) is 1. The summed E-state index contributed by atoms with van der Waals surface area (Å²) >= 11 is 1.76. The minimum absolute atomic E-state index is 0.00846. The third-order valence-electron chi connectivity index (χ3n) is 4.05. The molecule has 2 amide bonds. The molecule has 0 bridgehead atoms. The van der Waals surface area contributed by atoms with E-state index in [1.54, 1.807) is 11.8 Å². The Hall–Kier alpha value is -1.20. The molecule has 3 atom stereocenters. The highest BCUT2D eigenvalue weighted by atomic mass is 32.2. The first-order chi connectivity index (χ1) is 10.6. The zero-order chi connectivity index (χ0) is 15.9. The first-order valence-corrected chi connectivity index (χ1v) is 8.86. The second-order valence-corrected chi connectivity index (χ2v) is 7.53. The zero-order valence-electron chi connectivity index (χ0n) is 13.4. The number of rotatable bonds is 5. The van der Waals surface area contributed by atoms with Crippen LogP contribution in [0.25, 0.3) is 0 Å². The van der Waals surface area contributed by atoms with E-state index in [0.29, 0.717) is 18.3 Å². The maximum Gasteiger partial charge on any atom is 0.317 e. The van der Waals surface area contributed by atoms with E-state index >= 15 is 0 Å². The number of carbonyl (C=O) groups is 1. The number of carbonyl (C=O) groups excluding carboxylic acids is 1. The lowest BCUT2D eigenvalue weighted by molar-refractivity contribution is 0.0740. The molecule has 22 heavy (non-hydrogen) atoms. The molecule has 1 heterocycles. The fourth-order valence-electron chi connectivity index (χ4n) is 2.70. The summed E-state index contributed by atoms with van der Waals surface area (Å²) in [6.07, 6.45) is 1.63. The number of hydrogen-bond acceptors (Lipinski definition) is 3. The molecule has 2 N–H and O–H groups in total. The van der Waals surface area contributed by atoms with Gasteiger partial charge in [0.15, 0.2) is 0 Å². The van der Waals surface area contributed by atoms with Gasteiger partial charge in [-0.3, -0.25) is 0 Å². The molecular weight excluding hydrogens is 296 g/mol. The lowest BCUT2D eigenvalue weighted by atomic mass is 9.94. The summed E-state index contributed by atoms with van der Waals surface area (Å²) in [5, 5.41) is 13.0. The lowest BCUT2D eigenvalue weighted by Crippen LogP contribution is -2.48. The van der Waals surface area contributed by atoms with Crippen LogP contribution in [0.15, 0.2) is 35.2 Å². The smallest absolute Gasteiger partial charge is 0.317 e. The van der Waals surface area contributed by atoms with Gasteiger partial charge in [0.05, 0.1) is 6.10 Å². The molecule has 1 aromatic rings. The Bertz CT molecular complexity index is 467. The number of aliphatic hydroxyl groups is 1. The Morgan fingerprint density at radius 1 is 1.41 bits per heavy atom. The van der Waals surface area contributed by atoms with Gasteiger partial charge in [0, 0.05) is 35.7 Å². The molecular formula is C17H26N2O2S.